The molecule has 7 heteroatoms. The van der Waals surface area contributed by atoms with Crippen molar-refractivity contribution < 1.29 is 19.7 Å². The van der Waals surface area contributed by atoms with E-state index in [0.29, 0.717) is 24.2 Å². The van der Waals surface area contributed by atoms with Crippen LogP contribution < -0.4 is 0 Å². The second kappa shape index (κ2) is 12.2. The SMILES string of the molecule is O=C(O)COCC1CCC(Cn2nc(-c3ccccc3)c(-c3ccccc3)c2SCCO)CC1. The zero-order valence-electron chi connectivity index (χ0n) is 19.3. The van der Waals surface area contributed by atoms with Crippen molar-refractivity contribution >= 4 is 17.7 Å². The Morgan fingerprint density at radius 3 is 2.21 bits per heavy atom. The predicted molar refractivity (Wildman–Crippen MR) is 135 cm³/mol. The number of carboxylic acids is 1. The molecule has 1 aliphatic carbocycles. The van der Waals surface area contributed by atoms with Crippen molar-refractivity contribution in [2.24, 2.45) is 11.8 Å². The molecule has 1 heterocycles. The molecule has 6 nitrogen and oxygen atoms in total. The van der Waals surface area contributed by atoms with E-state index in [1.165, 1.54) is 0 Å². The topological polar surface area (TPSA) is 84.6 Å². The number of nitrogens with zero attached hydrogens (tertiary/aromatic N) is 2. The molecule has 0 radical (unpaired) electrons. The molecule has 0 aliphatic heterocycles. The summed E-state index contributed by atoms with van der Waals surface area (Å²) in [7, 11) is 0. The quantitative estimate of drug-likeness (QED) is 0.367. The molecule has 0 atom stereocenters. The molecule has 0 unspecified atom stereocenters. The number of carbonyl (C=O) groups is 1. The van der Waals surface area contributed by atoms with Crippen LogP contribution in [0.5, 0.6) is 0 Å². The van der Waals surface area contributed by atoms with Gasteiger partial charge in [-0.25, -0.2) is 4.79 Å². The molecule has 1 fully saturated rings. The number of benzene rings is 2. The number of aromatic nitrogens is 2. The monoisotopic (exact) mass is 480 g/mol. The highest BCUT2D eigenvalue weighted by atomic mass is 32.2. The van der Waals surface area contributed by atoms with Crippen LogP contribution in [-0.4, -0.2) is 51.5 Å². The first kappa shape index (κ1) is 24.5. The summed E-state index contributed by atoms with van der Waals surface area (Å²) in [5, 5.41) is 24.6. The first-order chi connectivity index (χ1) is 16.7. The minimum Gasteiger partial charge on any atom is -0.480 e. The van der Waals surface area contributed by atoms with Crippen molar-refractivity contribution in [2.75, 3.05) is 25.6 Å². The Labute approximate surface area is 205 Å². The average Bonchev–Trinajstić information content (AvgIpc) is 3.22. The summed E-state index contributed by atoms with van der Waals surface area (Å²) in [5.41, 5.74) is 4.32. The van der Waals surface area contributed by atoms with Gasteiger partial charge in [-0.3, -0.25) is 4.68 Å². The van der Waals surface area contributed by atoms with E-state index in [4.69, 9.17) is 14.9 Å². The van der Waals surface area contributed by atoms with E-state index in [0.717, 1.165) is 59.6 Å². The van der Waals surface area contributed by atoms with Crippen LogP contribution in [-0.2, 0) is 16.1 Å². The molecule has 0 amide bonds. The van der Waals surface area contributed by atoms with E-state index >= 15 is 0 Å². The first-order valence-electron chi connectivity index (χ1n) is 11.9. The van der Waals surface area contributed by atoms with Crippen LogP contribution in [0, 0.1) is 11.8 Å². The highest BCUT2D eigenvalue weighted by molar-refractivity contribution is 7.99. The standard InChI is InChI=1S/C27H32N2O4S/c30-15-16-34-27-25(22-7-3-1-4-8-22)26(23-9-5-2-6-10-23)28-29(27)17-20-11-13-21(14-12-20)18-33-19-24(31)32/h1-10,20-21,30H,11-19H2,(H,31,32). The summed E-state index contributed by atoms with van der Waals surface area (Å²) in [6.07, 6.45) is 4.24. The summed E-state index contributed by atoms with van der Waals surface area (Å²) >= 11 is 1.66. The Morgan fingerprint density at radius 2 is 1.59 bits per heavy atom. The molecule has 0 bridgehead atoms. The minimum atomic E-state index is -0.913. The molecular formula is C27H32N2O4S. The van der Waals surface area contributed by atoms with Gasteiger partial charge in [-0.1, -0.05) is 60.7 Å². The van der Waals surface area contributed by atoms with Gasteiger partial charge in [0.1, 0.15) is 17.3 Å². The van der Waals surface area contributed by atoms with Crippen LogP contribution in [0.2, 0.25) is 0 Å². The predicted octanol–water partition coefficient (Wildman–Crippen LogP) is 5.21. The Hall–Kier alpha value is -2.61. The molecule has 1 aromatic heterocycles. The second-order valence-electron chi connectivity index (χ2n) is 8.81. The molecule has 4 rings (SSSR count). The molecule has 34 heavy (non-hydrogen) atoms. The minimum absolute atomic E-state index is 0.117. The van der Waals surface area contributed by atoms with E-state index in [1.54, 1.807) is 11.8 Å². The number of carboxylic acid groups (broad SMARTS) is 1. The maximum Gasteiger partial charge on any atom is 0.329 e. The van der Waals surface area contributed by atoms with Crippen LogP contribution >= 0.6 is 11.8 Å². The Bertz CT molecular complexity index is 1050. The summed E-state index contributed by atoms with van der Waals surface area (Å²) in [6, 6.07) is 20.7. The zero-order chi connectivity index (χ0) is 23.8. The molecule has 180 valence electrons. The number of hydrogen-bond acceptors (Lipinski definition) is 5. The first-order valence-corrected chi connectivity index (χ1v) is 12.9. The number of aliphatic hydroxyl groups is 1. The van der Waals surface area contributed by atoms with E-state index in [1.807, 2.05) is 24.3 Å². The summed E-state index contributed by atoms with van der Waals surface area (Å²) in [6.45, 7) is 1.26. The van der Waals surface area contributed by atoms with Gasteiger partial charge in [-0.15, -0.1) is 11.8 Å². The van der Waals surface area contributed by atoms with Gasteiger partial charge in [0.05, 0.1) is 13.2 Å². The fourth-order valence-corrected chi connectivity index (χ4v) is 5.57. The Kier molecular flexibility index (Phi) is 8.79. The highest BCUT2D eigenvalue weighted by Crippen LogP contribution is 2.40. The van der Waals surface area contributed by atoms with Gasteiger partial charge in [-0.2, -0.15) is 5.10 Å². The number of aliphatic carboxylic acids is 1. The zero-order valence-corrected chi connectivity index (χ0v) is 20.1. The Balaban J connectivity index is 1.57. The van der Waals surface area contributed by atoms with Gasteiger partial charge in [0.15, 0.2) is 0 Å². The van der Waals surface area contributed by atoms with Gasteiger partial charge in [0.2, 0.25) is 0 Å². The van der Waals surface area contributed by atoms with Crippen LogP contribution in [0.4, 0.5) is 0 Å². The summed E-state index contributed by atoms with van der Waals surface area (Å²) < 4.78 is 7.47. The molecule has 0 saturated heterocycles. The third-order valence-corrected chi connectivity index (χ3v) is 7.40. The van der Waals surface area contributed by atoms with E-state index in [9.17, 15) is 9.90 Å². The maximum absolute atomic E-state index is 10.7. The molecule has 0 spiro atoms. The fraction of sp³-hybridized carbons (Fsp3) is 0.407. The number of ether oxygens (including phenoxy) is 1. The molecule has 1 saturated carbocycles. The van der Waals surface area contributed by atoms with E-state index in [-0.39, 0.29) is 13.2 Å². The fourth-order valence-electron chi connectivity index (χ4n) is 4.66. The Morgan fingerprint density at radius 1 is 0.971 bits per heavy atom. The summed E-state index contributed by atoms with van der Waals surface area (Å²) in [4.78, 5) is 10.7. The van der Waals surface area contributed by atoms with Crippen molar-refractivity contribution in [3.8, 4) is 22.4 Å². The van der Waals surface area contributed by atoms with Crippen LogP contribution in [0.25, 0.3) is 22.4 Å². The lowest BCUT2D eigenvalue weighted by atomic mass is 9.82. The number of rotatable bonds is 11. The van der Waals surface area contributed by atoms with Crippen molar-refractivity contribution in [1.82, 2.24) is 9.78 Å². The van der Waals surface area contributed by atoms with Crippen LogP contribution in [0.15, 0.2) is 65.7 Å². The highest BCUT2D eigenvalue weighted by Gasteiger charge is 2.26. The molecular weight excluding hydrogens is 448 g/mol. The molecule has 1 aliphatic rings. The summed E-state index contributed by atoms with van der Waals surface area (Å²) in [5.74, 6) is 0.643. The van der Waals surface area contributed by atoms with Gasteiger partial charge in [-0.05, 0) is 43.1 Å². The van der Waals surface area contributed by atoms with Gasteiger partial charge < -0.3 is 14.9 Å². The molecule has 3 aromatic rings. The van der Waals surface area contributed by atoms with E-state index in [2.05, 4.69) is 41.1 Å². The van der Waals surface area contributed by atoms with E-state index < -0.39 is 5.97 Å². The van der Waals surface area contributed by atoms with Gasteiger partial charge >= 0.3 is 5.97 Å². The van der Waals surface area contributed by atoms with Crippen molar-refractivity contribution in [2.45, 2.75) is 37.3 Å². The largest absolute Gasteiger partial charge is 0.480 e. The third-order valence-electron chi connectivity index (χ3n) is 6.32. The van der Waals surface area contributed by atoms with Crippen molar-refractivity contribution in [1.29, 1.82) is 0 Å². The molecule has 2 N–H and O–H groups in total. The lowest BCUT2D eigenvalue weighted by Crippen LogP contribution is -2.23. The lowest BCUT2D eigenvalue weighted by Gasteiger charge is -2.28. The smallest absolute Gasteiger partial charge is 0.329 e. The van der Waals surface area contributed by atoms with Crippen molar-refractivity contribution in [3.63, 3.8) is 0 Å². The van der Waals surface area contributed by atoms with Crippen molar-refractivity contribution in [3.05, 3.63) is 60.7 Å². The molecule has 2 aromatic carbocycles. The third kappa shape index (κ3) is 6.29. The van der Waals surface area contributed by atoms with Crippen LogP contribution in [0.1, 0.15) is 25.7 Å². The number of hydrogen-bond donors (Lipinski definition) is 2. The maximum atomic E-state index is 10.7. The second-order valence-corrected chi connectivity index (χ2v) is 9.89. The van der Waals surface area contributed by atoms with Gasteiger partial charge in [0, 0.05) is 23.4 Å². The normalized spacial score (nSPS) is 18.1. The van der Waals surface area contributed by atoms with Crippen LogP contribution in [0.3, 0.4) is 0 Å². The number of thioether (sulfide) groups is 1. The lowest BCUT2D eigenvalue weighted by molar-refractivity contribution is -0.142. The van der Waals surface area contributed by atoms with Gasteiger partial charge in [0.25, 0.3) is 0 Å². The average molecular weight is 481 g/mol. The number of aliphatic hydroxyl groups excluding tert-OH is 1.